The first-order chi connectivity index (χ1) is 11.1. The van der Waals surface area contributed by atoms with Crippen LogP contribution in [0.1, 0.15) is 23.9 Å². The molecule has 2 amide bonds. The number of halogens is 2. The van der Waals surface area contributed by atoms with Crippen molar-refractivity contribution in [1.29, 1.82) is 0 Å². The standard InChI is InChI=1S/C15H17F2N5O/c16-14(17)13(10-4-2-1-3-5-10)21-15(23)20-11-6-7-12-18-9-19-22(12)8-11/h1-5,9,11,13-14H,6-8H2,(H2,20,21,23)/t11-,13+/m1/s1. The third-order valence-corrected chi connectivity index (χ3v) is 3.84. The fourth-order valence-corrected chi connectivity index (χ4v) is 2.68. The topological polar surface area (TPSA) is 71.8 Å². The summed E-state index contributed by atoms with van der Waals surface area (Å²) in [6.07, 6.45) is 0.190. The van der Waals surface area contributed by atoms with E-state index in [4.69, 9.17) is 0 Å². The van der Waals surface area contributed by atoms with Gasteiger partial charge in [0.15, 0.2) is 0 Å². The third kappa shape index (κ3) is 3.64. The van der Waals surface area contributed by atoms with Crippen LogP contribution in [0.3, 0.4) is 0 Å². The number of rotatable bonds is 4. The van der Waals surface area contributed by atoms with Crippen molar-refractivity contribution in [1.82, 2.24) is 25.4 Å². The van der Waals surface area contributed by atoms with E-state index in [-0.39, 0.29) is 6.04 Å². The number of benzene rings is 1. The van der Waals surface area contributed by atoms with Gasteiger partial charge >= 0.3 is 6.03 Å². The summed E-state index contributed by atoms with van der Waals surface area (Å²) in [5, 5.41) is 9.15. The number of amides is 2. The number of urea groups is 1. The molecule has 23 heavy (non-hydrogen) atoms. The first-order valence-electron chi connectivity index (χ1n) is 7.40. The van der Waals surface area contributed by atoms with Crippen molar-refractivity contribution in [3.63, 3.8) is 0 Å². The number of carbonyl (C=O) groups is 1. The lowest BCUT2D eigenvalue weighted by atomic mass is 10.1. The highest BCUT2D eigenvalue weighted by atomic mass is 19.3. The van der Waals surface area contributed by atoms with E-state index in [9.17, 15) is 13.6 Å². The minimum absolute atomic E-state index is 0.154. The smallest absolute Gasteiger partial charge is 0.315 e. The minimum Gasteiger partial charge on any atom is -0.334 e. The predicted molar refractivity (Wildman–Crippen MR) is 79.0 cm³/mol. The molecule has 2 heterocycles. The zero-order valence-electron chi connectivity index (χ0n) is 12.3. The van der Waals surface area contributed by atoms with Gasteiger partial charge < -0.3 is 10.6 Å². The van der Waals surface area contributed by atoms with Crippen molar-refractivity contribution in [2.75, 3.05) is 0 Å². The maximum absolute atomic E-state index is 13.2. The lowest BCUT2D eigenvalue weighted by Crippen LogP contribution is -2.48. The number of aromatic nitrogens is 3. The summed E-state index contributed by atoms with van der Waals surface area (Å²) in [4.78, 5) is 16.2. The summed E-state index contributed by atoms with van der Waals surface area (Å²) in [5.41, 5.74) is 0.375. The van der Waals surface area contributed by atoms with Crippen molar-refractivity contribution in [2.45, 2.75) is 37.9 Å². The molecule has 6 nitrogen and oxygen atoms in total. The van der Waals surface area contributed by atoms with Crippen LogP contribution in [-0.2, 0) is 13.0 Å². The summed E-state index contributed by atoms with van der Waals surface area (Å²) in [5.74, 6) is 0.873. The van der Waals surface area contributed by atoms with Crippen molar-refractivity contribution >= 4 is 6.03 Å². The molecular weight excluding hydrogens is 304 g/mol. The van der Waals surface area contributed by atoms with E-state index in [1.165, 1.54) is 6.33 Å². The Morgan fingerprint density at radius 3 is 2.83 bits per heavy atom. The first-order valence-corrected chi connectivity index (χ1v) is 7.40. The molecule has 1 aliphatic rings. The van der Waals surface area contributed by atoms with Crippen molar-refractivity contribution in [3.05, 3.63) is 48.0 Å². The van der Waals surface area contributed by atoms with Gasteiger partial charge in [-0.2, -0.15) is 5.10 Å². The van der Waals surface area contributed by atoms with Crippen molar-refractivity contribution < 1.29 is 13.6 Å². The fourth-order valence-electron chi connectivity index (χ4n) is 2.68. The molecule has 1 aromatic heterocycles. The summed E-state index contributed by atoms with van der Waals surface area (Å²) >= 11 is 0. The molecule has 1 aromatic carbocycles. The Morgan fingerprint density at radius 2 is 2.09 bits per heavy atom. The zero-order chi connectivity index (χ0) is 16.2. The number of fused-ring (bicyclic) bond motifs is 1. The summed E-state index contributed by atoms with van der Waals surface area (Å²) in [7, 11) is 0. The second kappa shape index (κ2) is 6.72. The summed E-state index contributed by atoms with van der Waals surface area (Å²) in [6, 6.07) is 6.12. The Balaban J connectivity index is 1.60. The van der Waals surface area contributed by atoms with E-state index in [2.05, 4.69) is 20.7 Å². The molecule has 0 aliphatic carbocycles. The van der Waals surface area contributed by atoms with Gasteiger partial charge in [0.1, 0.15) is 18.2 Å². The monoisotopic (exact) mass is 321 g/mol. The average molecular weight is 321 g/mol. The molecule has 0 saturated carbocycles. The number of aryl methyl sites for hydroxylation is 1. The number of nitrogens with zero attached hydrogens (tertiary/aromatic N) is 3. The Morgan fingerprint density at radius 1 is 1.30 bits per heavy atom. The molecule has 0 bridgehead atoms. The average Bonchev–Trinajstić information content (AvgIpc) is 3.01. The van der Waals surface area contributed by atoms with Crippen LogP contribution in [0, 0.1) is 0 Å². The molecule has 0 fully saturated rings. The van der Waals surface area contributed by atoms with Crippen LogP contribution in [-0.4, -0.2) is 33.3 Å². The van der Waals surface area contributed by atoms with Crippen LogP contribution in [0.25, 0.3) is 0 Å². The lowest BCUT2D eigenvalue weighted by Gasteiger charge is -2.25. The molecule has 0 radical (unpaired) electrons. The number of alkyl halides is 2. The van der Waals surface area contributed by atoms with E-state index in [1.54, 1.807) is 35.0 Å². The SMILES string of the molecule is O=C(N[C@@H]1CCc2ncnn2C1)N[C@@H](c1ccccc1)C(F)F. The number of nitrogens with one attached hydrogen (secondary N) is 2. The minimum atomic E-state index is -2.68. The molecule has 3 rings (SSSR count). The van der Waals surface area contributed by atoms with Crippen LogP contribution in [0.15, 0.2) is 36.7 Å². The van der Waals surface area contributed by atoms with E-state index in [0.717, 1.165) is 5.82 Å². The number of hydrogen-bond acceptors (Lipinski definition) is 3. The Hall–Kier alpha value is -2.51. The summed E-state index contributed by atoms with van der Waals surface area (Å²) in [6.45, 7) is 0.493. The molecule has 2 aromatic rings. The molecule has 0 spiro atoms. The van der Waals surface area contributed by atoms with Crippen LogP contribution in [0.5, 0.6) is 0 Å². The van der Waals surface area contributed by atoms with Gasteiger partial charge in [-0.15, -0.1) is 0 Å². The predicted octanol–water partition coefficient (Wildman–Crippen LogP) is 1.90. The quantitative estimate of drug-likeness (QED) is 0.903. The van der Waals surface area contributed by atoms with E-state index >= 15 is 0 Å². The fraction of sp³-hybridized carbons (Fsp3) is 0.400. The van der Waals surface area contributed by atoms with Gasteiger partial charge in [0, 0.05) is 6.42 Å². The third-order valence-electron chi connectivity index (χ3n) is 3.84. The van der Waals surface area contributed by atoms with Crippen molar-refractivity contribution in [3.8, 4) is 0 Å². The van der Waals surface area contributed by atoms with Gasteiger partial charge in [-0.3, -0.25) is 0 Å². The van der Waals surface area contributed by atoms with Crippen molar-refractivity contribution in [2.24, 2.45) is 0 Å². The largest absolute Gasteiger partial charge is 0.334 e. The highest BCUT2D eigenvalue weighted by molar-refractivity contribution is 5.74. The maximum Gasteiger partial charge on any atom is 0.315 e. The first kappa shape index (κ1) is 15.4. The molecule has 8 heteroatoms. The second-order valence-electron chi connectivity index (χ2n) is 5.43. The van der Waals surface area contributed by atoms with Crippen LogP contribution in [0.2, 0.25) is 0 Å². The Kier molecular flexibility index (Phi) is 4.50. The molecule has 2 N–H and O–H groups in total. The van der Waals surface area contributed by atoms with Crippen LogP contribution < -0.4 is 10.6 Å². The van der Waals surface area contributed by atoms with Gasteiger partial charge in [-0.25, -0.2) is 23.2 Å². The van der Waals surface area contributed by atoms with Gasteiger partial charge in [0.2, 0.25) is 0 Å². The normalized spacial score (nSPS) is 18.3. The highest BCUT2D eigenvalue weighted by Crippen LogP contribution is 2.20. The van der Waals surface area contributed by atoms with E-state index in [0.29, 0.717) is 24.9 Å². The van der Waals surface area contributed by atoms with Crippen LogP contribution in [0.4, 0.5) is 13.6 Å². The maximum atomic E-state index is 13.2. The molecule has 0 unspecified atom stereocenters. The molecule has 122 valence electrons. The lowest BCUT2D eigenvalue weighted by molar-refractivity contribution is 0.101. The molecule has 1 aliphatic heterocycles. The highest BCUT2D eigenvalue weighted by Gasteiger charge is 2.26. The molecule has 0 saturated heterocycles. The number of hydrogen-bond donors (Lipinski definition) is 2. The van der Waals surface area contributed by atoms with E-state index < -0.39 is 18.5 Å². The number of carbonyl (C=O) groups excluding carboxylic acids is 1. The Labute approximate surface area is 131 Å². The molecular formula is C15H17F2N5O. The Bertz CT molecular complexity index is 661. The molecule has 2 atom stereocenters. The van der Waals surface area contributed by atoms with Gasteiger partial charge in [0.25, 0.3) is 6.43 Å². The van der Waals surface area contributed by atoms with Gasteiger partial charge in [-0.05, 0) is 12.0 Å². The summed E-state index contributed by atoms with van der Waals surface area (Å²) < 4.78 is 28.1. The second-order valence-corrected chi connectivity index (χ2v) is 5.43. The van der Waals surface area contributed by atoms with Gasteiger partial charge in [0.05, 0.1) is 12.6 Å². The zero-order valence-corrected chi connectivity index (χ0v) is 12.3. The van der Waals surface area contributed by atoms with E-state index in [1.807, 2.05) is 0 Å². The van der Waals surface area contributed by atoms with Gasteiger partial charge in [-0.1, -0.05) is 30.3 Å². The van der Waals surface area contributed by atoms with Crippen LogP contribution >= 0.6 is 0 Å².